The normalized spacial score (nSPS) is 12.1. The second-order valence-corrected chi connectivity index (χ2v) is 5.47. The quantitative estimate of drug-likeness (QED) is 0.624. The van der Waals surface area contributed by atoms with E-state index in [0.717, 1.165) is 12.1 Å². The molecule has 0 radical (unpaired) electrons. The van der Waals surface area contributed by atoms with Gasteiger partial charge in [0.25, 0.3) is 0 Å². The maximum atomic E-state index is 14.0. The first kappa shape index (κ1) is 17.3. The summed E-state index contributed by atoms with van der Waals surface area (Å²) in [5, 5.41) is 2.56. The molecule has 1 aromatic carbocycles. The number of anilines is 1. The molecule has 0 aliphatic rings. The second kappa shape index (κ2) is 7.31. The van der Waals surface area contributed by atoms with Crippen molar-refractivity contribution in [3.8, 4) is 0 Å². The average molecular weight is 316 g/mol. The van der Waals surface area contributed by atoms with E-state index < -0.39 is 29.3 Å². The highest BCUT2D eigenvalue weighted by Crippen LogP contribution is 2.23. The van der Waals surface area contributed by atoms with Gasteiger partial charge in [-0.05, 0) is 24.5 Å². The number of benzene rings is 1. The van der Waals surface area contributed by atoms with Crippen molar-refractivity contribution in [3.05, 3.63) is 29.3 Å². The molecular weight excluding hydrogens is 298 g/mol. The van der Waals surface area contributed by atoms with Gasteiger partial charge in [-0.3, -0.25) is 0 Å². The third-order valence-corrected chi connectivity index (χ3v) is 3.07. The molecule has 0 aromatic heterocycles. The molecular formula is C14H18F2N2O2S. The molecule has 1 unspecified atom stereocenters. The zero-order valence-electron chi connectivity index (χ0n) is 12.1. The van der Waals surface area contributed by atoms with E-state index in [-0.39, 0.29) is 16.5 Å². The van der Waals surface area contributed by atoms with Crippen LogP contribution in [0.25, 0.3) is 0 Å². The molecule has 1 rings (SSSR count). The molecule has 0 saturated heterocycles. The van der Waals surface area contributed by atoms with Gasteiger partial charge in [0.05, 0.1) is 7.11 Å². The molecule has 4 nitrogen and oxygen atoms in total. The number of carbonyl (C=O) groups is 1. The molecule has 21 heavy (non-hydrogen) atoms. The number of esters is 1. The molecule has 0 aliphatic carbocycles. The molecule has 7 heteroatoms. The largest absolute Gasteiger partial charge is 0.467 e. The van der Waals surface area contributed by atoms with Gasteiger partial charge in [0, 0.05) is 5.56 Å². The third-order valence-electron chi connectivity index (χ3n) is 2.84. The monoisotopic (exact) mass is 316 g/mol. The van der Waals surface area contributed by atoms with Crippen molar-refractivity contribution in [2.24, 2.45) is 11.7 Å². The molecule has 0 amide bonds. The maximum absolute atomic E-state index is 14.0. The smallest absolute Gasteiger partial charge is 0.328 e. The van der Waals surface area contributed by atoms with E-state index in [1.165, 1.54) is 7.11 Å². The highest BCUT2D eigenvalue weighted by Gasteiger charge is 2.23. The number of ether oxygens (including phenoxy) is 1. The van der Waals surface area contributed by atoms with Crippen molar-refractivity contribution in [2.45, 2.75) is 26.3 Å². The Kier molecular flexibility index (Phi) is 6.02. The van der Waals surface area contributed by atoms with Gasteiger partial charge in [-0.15, -0.1) is 0 Å². The topological polar surface area (TPSA) is 64.3 Å². The van der Waals surface area contributed by atoms with Crippen molar-refractivity contribution in [1.82, 2.24) is 0 Å². The Morgan fingerprint density at radius 1 is 1.38 bits per heavy atom. The number of thiocarbonyl (C=S) groups is 1. The van der Waals surface area contributed by atoms with E-state index in [9.17, 15) is 13.6 Å². The number of halogens is 2. The molecule has 0 fully saturated rings. The Morgan fingerprint density at radius 2 is 1.90 bits per heavy atom. The lowest BCUT2D eigenvalue weighted by Crippen LogP contribution is -2.33. The van der Waals surface area contributed by atoms with Crippen LogP contribution in [0.2, 0.25) is 0 Å². The zero-order chi connectivity index (χ0) is 16.2. The first-order valence-electron chi connectivity index (χ1n) is 6.39. The molecule has 0 spiro atoms. The van der Waals surface area contributed by atoms with Crippen LogP contribution in [0.15, 0.2) is 12.1 Å². The lowest BCUT2D eigenvalue weighted by Gasteiger charge is -2.20. The molecule has 1 atom stereocenters. The van der Waals surface area contributed by atoms with E-state index in [2.05, 4.69) is 22.3 Å². The maximum Gasteiger partial charge on any atom is 0.328 e. The van der Waals surface area contributed by atoms with Gasteiger partial charge in [-0.2, -0.15) is 0 Å². The van der Waals surface area contributed by atoms with Gasteiger partial charge in [0.15, 0.2) is 0 Å². The second-order valence-electron chi connectivity index (χ2n) is 5.03. The summed E-state index contributed by atoms with van der Waals surface area (Å²) < 4.78 is 32.6. The number of carbonyl (C=O) groups excluding carboxylic acids is 1. The van der Waals surface area contributed by atoms with Crippen molar-refractivity contribution in [2.75, 3.05) is 12.4 Å². The highest BCUT2D eigenvalue weighted by atomic mass is 32.1. The van der Waals surface area contributed by atoms with Gasteiger partial charge in [-0.1, -0.05) is 26.1 Å². The fraction of sp³-hybridized carbons (Fsp3) is 0.429. The summed E-state index contributed by atoms with van der Waals surface area (Å²) in [4.78, 5) is 11.6. The fourth-order valence-electron chi connectivity index (χ4n) is 1.86. The van der Waals surface area contributed by atoms with Crippen LogP contribution in [0.4, 0.5) is 14.5 Å². The van der Waals surface area contributed by atoms with Crippen LogP contribution >= 0.6 is 12.2 Å². The van der Waals surface area contributed by atoms with Crippen LogP contribution in [0.5, 0.6) is 0 Å². The van der Waals surface area contributed by atoms with E-state index >= 15 is 0 Å². The van der Waals surface area contributed by atoms with Crippen molar-refractivity contribution in [3.63, 3.8) is 0 Å². The van der Waals surface area contributed by atoms with E-state index in [0.29, 0.717) is 6.42 Å². The number of hydrogen-bond donors (Lipinski definition) is 2. The molecule has 0 saturated carbocycles. The van der Waals surface area contributed by atoms with Gasteiger partial charge in [0.2, 0.25) is 0 Å². The van der Waals surface area contributed by atoms with Crippen molar-refractivity contribution < 1.29 is 18.3 Å². The van der Waals surface area contributed by atoms with Gasteiger partial charge >= 0.3 is 5.97 Å². The standard InChI is InChI=1S/C14H18F2N2O2S/c1-7(2)4-11(14(19)20-3)18-12-9(15)5-8(13(17)21)6-10(12)16/h5-7,11,18H,4H2,1-3H3,(H2,17,21). The lowest BCUT2D eigenvalue weighted by molar-refractivity contribution is -0.141. The Hall–Kier alpha value is -1.76. The predicted octanol–water partition coefficient (Wildman–Crippen LogP) is 2.60. The van der Waals surface area contributed by atoms with Crippen molar-refractivity contribution >= 4 is 28.9 Å². The predicted molar refractivity (Wildman–Crippen MR) is 81.1 cm³/mol. The van der Waals surface area contributed by atoms with Crippen molar-refractivity contribution in [1.29, 1.82) is 0 Å². The molecule has 3 N–H and O–H groups in total. The molecule has 116 valence electrons. The Bertz CT molecular complexity index is 527. The van der Waals surface area contributed by atoms with Gasteiger partial charge < -0.3 is 15.8 Å². The Balaban J connectivity index is 3.09. The number of methoxy groups -OCH3 is 1. The van der Waals surface area contributed by atoms with Gasteiger partial charge in [0.1, 0.15) is 28.4 Å². The van der Waals surface area contributed by atoms with E-state index in [1.54, 1.807) is 0 Å². The first-order chi connectivity index (χ1) is 9.76. The van der Waals surface area contributed by atoms with Crippen LogP contribution in [-0.2, 0) is 9.53 Å². The molecule has 0 aliphatic heterocycles. The minimum Gasteiger partial charge on any atom is -0.467 e. The molecule has 1 aromatic rings. The fourth-order valence-corrected chi connectivity index (χ4v) is 1.97. The molecule has 0 bridgehead atoms. The number of nitrogens with one attached hydrogen (secondary N) is 1. The third kappa shape index (κ3) is 4.63. The molecule has 0 heterocycles. The van der Waals surface area contributed by atoms with E-state index in [1.807, 2.05) is 13.8 Å². The summed E-state index contributed by atoms with van der Waals surface area (Å²) in [6.07, 6.45) is 0.378. The van der Waals surface area contributed by atoms with E-state index in [4.69, 9.17) is 5.73 Å². The number of nitrogens with two attached hydrogens (primary N) is 1. The van der Waals surface area contributed by atoms with Crippen LogP contribution < -0.4 is 11.1 Å². The zero-order valence-corrected chi connectivity index (χ0v) is 12.9. The minimum atomic E-state index is -0.865. The van der Waals surface area contributed by atoms with Gasteiger partial charge in [-0.25, -0.2) is 13.6 Å². The summed E-state index contributed by atoms with van der Waals surface area (Å²) in [6.45, 7) is 3.78. The lowest BCUT2D eigenvalue weighted by atomic mass is 10.0. The minimum absolute atomic E-state index is 0.0871. The first-order valence-corrected chi connectivity index (χ1v) is 6.80. The summed E-state index contributed by atoms with van der Waals surface area (Å²) >= 11 is 4.68. The van der Waals surface area contributed by atoms with Crippen LogP contribution in [-0.4, -0.2) is 24.1 Å². The summed E-state index contributed by atoms with van der Waals surface area (Å²) in [6, 6.07) is 1.21. The number of hydrogen-bond acceptors (Lipinski definition) is 4. The number of rotatable bonds is 6. The summed E-state index contributed by atoms with van der Waals surface area (Å²) in [5.74, 6) is -2.17. The Morgan fingerprint density at radius 3 is 2.29 bits per heavy atom. The highest BCUT2D eigenvalue weighted by molar-refractivity contribution is 7.80. The SMILES string of the molecule is COC(=O)C(CC(C)C)Nc1c(F)cc(C(N)=S)cc1F. The average Bonchev–Trinajstić information content (AvgIpc) is 2.39. The van der Waals surface area contributed by atoms with Crippen LogP contribution in [0, 0.1) is 17.6 Å². The summed E-state index contributed by atoms with van der Waals surface area (Å²) in [5.41, 5.74) is 5.03. The summed E-state index contributed by atoms with van der Waals surface area (Å²) in [7, 11) is 1.22. The van der Waals surface area contributed by atoms with Crippen LogP contribution in [0.1, 0.15) is 25.8 Å². The Labute approximate surface area is 127 Å². The van der Waals surface area contributed by atoms with Crippen LogP contribution in [0.3, 0.4) is 0 Å².